The number of nitrogens with one attached hydrogen (secondary N) is 2. The van der Waals surface area contributed by atoms with Crippen LogP contribution < -0.4 is 16.2 Å². The van der Waals surface area contributed by atoms with Crippen LogP contribution in [0.5, 0.6) is 0 Å². The van der Waals surface area contributed by atoms with Crippen LogP contribution in [0.15, 0.2) is 26.5 Å². The lowest BCUT2D eigenvalue weighted by Crippen LogP contribution is -2.22. The second-order valence-corrected chi connectivity index (χ2v) is 6.05. The van der Waals surface area contributed by atoms with Gasteiger partial charge in [0.25, 0.3) is 0 Å². The molecule has 0 spiro atoms. The number of nitrogens with two attached hydrogens (primary N) is 2. The number of aliphatic imine (C=N–C) groups is 1. The number of H-pyrrole nitrogens is 1. The molecule has 102 valence electrons. The third-order valence-electron chi connectivity index (χ3n) is 2.33. The summed E-state index contributed by atoms with van der Waals surface area (Å²) < 4.78 is 23.1. The van der Waals surface area contributed by atoms with Crippen LogP contribution in [0.2, 0.25) is 0 Å². The maximum Gasteiger partial charge on any atom is 0.239 e. The number of halogens is 1. The van der Waals surface area contributed by atoms with Gasteiger partial charge < -0.3 is 10.7 Å². The van der Waals surface area contributed by atoms with Crippen molar-refractivity contribution in [1.29, 1.82) is 0 Å². The van der Waals surface area contributed by atoms with Crippen LogP contribution in [0.25, 0.3) is 11.0 Å². The molecule has 0 saturated heterocycles. The van der Waals surface area contributed by atoms with Crippen LogP contribution in [0.4, 0.5) is 5.95 Å². The third-order valence-corrected chi connectivity index (χ3v) is 4.20. The zero-order chi connectivity index (χ0) is 14.2. The number of anilines is 1. The Bertz CT molecular complexity index is 766. The molecule has 0 aliphatic carbocycles. The number of aromatic amines is 1. The summed E-state index contributed by atoms with van der Waals surface area (Å²) in [4.78, 5) is 10.8. The standard InChI is InChI=1S/C9H11BrN6O2S/c1-13-8(11)16-9-14-5-2-4(10)7(19(12,17)18)3-6(5)15-9/h2-3H,1H3,(H2,12,17,18)(H4,11,13,14,15,16). The quantitative estimate of drug-likeness (QED) is 0.458. The van der Waals surface area contributed by atoms with Crippen LogP contribution in [0, 0.1) is 0 Å². The molecule has 0 bridgehead atoms. The number of aromatic nitrogens is 2. The Morgan fingerprint density at radius 1 is 1.53 bits per heavy atom. The fraction of sp³-hybridized carbons (Fsp3) is 0.111. The van der Waals surface area contributed by atoms with Crippen LogP contribution >= 0.6 is 15.9 Å². The number of hydrogen-bond acceptors (Lipinski definition) is 4. The van der Waals surface area contributed by atoms with Gasteiger partial charge in [-0.05, 0) is 28.1 Å². The second kappa shape index (κ2) is 4.79. The van der Waals surface area contributed by atoms with Crippen molar-refractivity contribution in [2.24, 2.45) is 15.9 Å². The van der Waals surface area contributed by atoms with Crippen molar-refractivity contribution in [2.75, 3.05) is 12.4 Å². The van der Waals surface area contributed by atoms with Gasteiger partial charge >= 0.3 is 0 Å². The molecule has 0 atom stereocenters. The van der Waals surface area contributed by atoms with Crippen molar-refractivity contribution in [3.8, 4) is 0 Å². The predicted molar refractivity (Wildman–Crippen MR) is 76.3 cm³/mol. The zero-order valence-corrected chi connectivity index (χ0v) is 12.2. The molecule has 1 aromatic carbocycles. The third kappa shape index (κ3) is 2.85. The topological polar surface area (TPSA) is 139 Å². The Morgan fingerprint density at radius 3 is 2.79 bits per heavy atom. The average molecular weight is 347 g/mol. The molecular formula is C9H11BrN6O2S. The summed E-state index contributed by atoms with van der Waals surface area (Å²) in [5.41, 5.74) is 6.58. The molecular weight excluding hydrogens is 336 g/mol. The van der Waals surface area contributed by atoms with E-state index in [1.165, 1.54) is 13.1 Å². The first kappa shape index (κ1) is 13.8. The normalized spacial score (nSPS) is 12.9. The Kier molecular flexibility index (Phi) is 3.47. The molecule has 10 heteroatoms. The van der Waals surface area contributed by atoms with E-state index in [1.807, 2.05) is 0 Å². The first-order valence-electron chi connectivity index (χ1n) is 5.02. The number of hydrogen-bond donors (Lipinski definition) is 4. The van der Waals surface area contributed by atoms with E-state index in [0.717, 1.165) is 0 Å². The number of guanidine groups is 1. The van der Waals surface area contributed by atoms with Crippen LogP contribution in [0.1, 0.15) is 0 Å². The average Bonchev–Trinajstić information content (AvgIpc) is 2.67. The fourth-order valence-electron chi connectivity index (χ4n) is 1.47. The van der Waals surface area contributed by atoms with Crippen molar-refractivity contribution >= 4 is 48.9 Å². The van der Waals surface area contributed by atoms with E-state index in [-0.39, 0.29) is 10.9 Å². The van der Waals surface area contributed by atoms with Gasteiger partial charge in [0.05, 0.1) is 15.9 Å². The van der Waals surface area contributed by atoms with E-state index >= 15 is 0 Å². The lowest BCUT2D eigenvalue weighted by molar-refractivity contribution is 0.597. The van der Waals surface area contributed by atoms with Gasteiger partial charge in [-0.2, -0.15) is 0 Å². The van der Waals surface area contributed by atoms with Crippen molar-refractivity contribution in [2.45, 2.75) is 4.90 Å². The SMILES string of the molecule is CN=C(N)Nc1nc2cc(Br)c(S(N)(=O)=O)cc2[nH]1. The number of benzene rings is 1. The molecule has 1 heterocycles. The second-order valence-electron chi connectivity index (χ2n) is 3.66. The first-order valence-corrected chi connectivity index (χ1v) is 7.36. The van der Waals surface area contributed by atoms with Gasteiger partial charge in [0.1, 0.15) is 0 Å². The number of rotatable bonds is 2. The van der Waals surface area contributed by atoms with Crippen LogP contribution in [-0.4, -0.2) is 31.4 Å². The van der Waals surface area contributed by atoms with Crippen LogP contribution in [-0.2, 0) is 10.0 Å². The molecule has 6 N–H and O–H groups in total. The molecule has 0 amide bonds. The van der Waals surface area contributed by atoms with Gasteiger partial charge in [-0.3, -0.25) is 10.3 Å². The van der Waals surface area contributed by atoms with E-state index in [0.29, 0.717) is 21.5 Å². The number of fused-ring (bicyclic) bond motifs is 1. The van der Waals surface area contributed by atoms with E-state index in [9.17, 15) is 8.42 Å². The van der Waals surface area contributed by atoms with Crippen molar-refractivity contribution in [3.63, 3.8) is 0 Å². The van der Waals surface area contributed by atoms with Gasteiger partial charge in [-0.15, -0.1) is 0 Å². The summed E-state index contributed by atoms with van der Waals surface area (Å²) >= 11 is 3.15. The van der Waals surface area contributed by atoms with E-state index < -0.39 is 10.0 Å². The summed E-state index contributed by atoms with van der Waals surface area (Å²) in [6, 6.07) is 2.95. The highest BCUT2D eigenvalue weighted by molar-refractivity contribution is 9.10. The molecule has 8 nitrogen and oxygen atoms in total. The lowest BCUT2D eigenvalue weighted by Gasteiger charge is -2.00. The summed E-state index contributed by atoms with van der Waals surface area (Å²) in [6.45, 7) is 0. The minimum absolute atomic E-state index is 0.0210. The molecule has 0 unspecified atom stereocenters. The lowest BCUT2D eigenvalue weighted by atomic mass is 10.3. The van der Waals surface area contributed by atoms with Crippen molar-refractivity contribution < 1.29 is 8.42 Å². The zero-order valence-electron chi connectivity index (χ0n) is 9.81. The summed E-state index contributed by atoms with van der Waals surface area (Å²) in [5.74, 6) is 0.543. The number of imidazole rings is 1. The number of primary sulfonamides is 1. The number of sulfonamides is 1. The number of nitrogens with zero attached hydrogens (tertiary/aromatic N) is 2. The van der Waals surface area contributed by atoms with E-state index in [4.69, 9.17) is 10.9 Å². The minimum Gasteiger partial charge on any atom is -0.370 e. The van der Waals surface area contributed by atoms with Crippen molar-refractivity contribution in [3.05, 3.63) is 16.6 Å². The highest BCUT2D eigenvalue weighted by atomic mass is 79.9. The summed E-state index contributed by atoms with van der Waals surface area (Å²) in [6.07, 6.45) is 0. The Labute approximate surface area is 117 Å². The van der Waals surface area contributed by atoms with Gasteiger partial charge in [-0.1, -0.05) is 0 Å². The van der Waals surface area contributed by atoms with Gasteiger partial charge in [-0.25, -0.2) is 18.5 Å². The van der Waals surface area contributed by atoms with Gasteiger partial charge in [0, 0.05) is 11.5 Å². The van der Waals surface area contributed by atoms with E-state index in [1.54, 1.807) is 6.07 Å². The first-order chi connectivity index (χ1) is 8.81. The molecule has 0 aliphatic heterocycles. The molecule has 1 aromatic heterocycles. The molecule has 19 heavy (non-hydrogen) atoms. The Hall–Kier alpha value is -1.65. The monoisotopic (exact) mass is 346 g/mol. The van der Waals surface area contributed by atoms with Gasteiger partial charge in [0.2, 0.25) is 16.0 Å². The highest BCUT2D eigenvalue weighted by Gasteiger charge is 2.15. The Morgan fingerprint density at radius 2 is 2.21 bits per heavy atom. The molecule has 0 saturated carbocycles. The largest absolute Gasteiger partial charge is 0.370 e. The fourth-order valence-corrected chi connectivity index (χ4v) is 3.09. The minimum atomic E-state index is -3.81. The summed E-state index contributed by atoms with van der Waals surface area (Å²) in [7, 11) is -2.28. The molecule has 0 radical (unpaired) electrons. The Balaban J connectivity index is 2.55. The maximum absolute atomic E-state index is 11.4. The highest BCUT2D eigenvalue weighted by Crippen LogP contribution is 2.26. The summed E-state index contributed by atoms with van der Waals surface area (Å²) in [5, 5.41) is 7.83. The molecule has 0 aliphatic rings. The van der Waals surface area contributed by atoms with E-state index in [2.05, 4.69) is 36.2 Å². The van der Waals surface area contributed by atoms with Gasteiger partial charge in [0.15, 0.2) is 5.96 Å². The van der Waals surface area contributed by atoms with Crippen molar-refractivity contribution in [1.82, 2.24) is 9.97 Å². The predicted octanol–water partition coefficient (Wildman–Crippen LogP) is 0.329. The maximum atomic E-state index is 11.4. The smallest absolute Gasteiger partial charge is 0.239 e. The molecule has 2 aromatic rings. The molecule has 0 fully saturated rings. The molecule has 2 rings (SSSR count). The van der Waals surface area contributed by atoms with Crippen LogP contribution in [0.3, 0.4) is 0 Å².